The first-order chi connectivity index (χ1) is 14.9. The fourth-order valence-corrected chi connectivity index (χ4v) is 5.37. The molecule has 0 aliphatic carbocycles. The number of imidazole rings is 2. The Bertz CT molecular complexity index is 890. The summed E-state index contributed by atoms with van der Waals surface area (Å²) in [5.41, 5.74) is 4.40. The Morgan fingerprint density at radius 3 is 1.37 bits per heavy atom. The SMILES string of the molecule is c1ccc2[nH]c(SCCCCCCCCCCSc3nc4ccccc4[nH]3)nc2c1. The van der Waals surface area contributed by atoms with Crippen LogP contribution in [0.1, 0.15) is 51.4 Å². The van der Waals surface area contributed by atoms with Crippen LogP contribution >= 0.6 is 23.5 Å². The van der Waals surface area contributed by atoms with Crippen LogP contribution in [0.5, 0.6) is 0 Å². The number of aromatic nitrogens is 4. The van der Waals surface area contributed by atoms with Crippen LogP contribution in [-0.2, 0) is 0 Å². The number of hydrogen-bond acceptors (Lipinski definition) is 4. The summed E-state index contributed by atoms with van der Waals surface area (Å²) in [6, 6.07) is 16.5. The molecule has 2 aromatic carbocycles. The molecule has 2 heterocycles. The summed E-state index contributed by atoms with van der Waals surface area (Å²) in [6.45, 7) is 0. The number of para-hydroxylation sites is 4. The molecule has 4 rings (SSSR count). The zero-order chi connectivity index (χ0) is 20.4. The molecule has 0 saturated heterocycles. The van der Waals surface area contributed by atoms with Crippen LogP contribution in [0.15, 0.2) is 58.8 Å². The van der Waals surface area contributed by atoms with Gasteiger partial charge in [-0.25, -0.2) is 9.97 Å². The minimum atomic E-state index is 1.05. The van der Waals surface area contributed by atoms with Crippen LogP contribution in [0.3, 0.4) is 0 Å². The highest BCUT2D eigenvalue weighted by atomic mass is 32.2. The van der Waals surface area contributed by atoms with Crippen molar-refractivity contribution in [2.75, 3.05) is 11.5 Å². The van der Waals surface area contributed by atoms with Crippen molar-refractivity contribution in [1.29, 1.82) is 0 Å². The summed E-state index contributed by atoms with van der Waals surface area (Å²) >= 11 is 3.69. The maximum absolute atomic E-state index is 4.63. The molecular weight excluding hydrogens is 408 g/mol. The predicted octanol–water partition coefficient (Wildman–Crippen LogP) is 7.44. The van der Waals surface area contributed by atoms with Gasteiger partial charge >= 0.3 is 0 Å². The number of nitrogens with zero attached hydrogens (tertiary/aromatic N) is 2. The van der Waals surface area contributed by atoms with Crippen molar-refractivity contribution in [3.63, 3.8) is 0 Å². The van der Waals surface area contributed by atoms with Crippen molar-refractivity contribution in [2.24, 2.45) is 0 Å². The second kappa shape index (κ2) is 11.5. The maximum Gasteiger partial charge on any atom is 0.166 e. The highest BCUT2D eigenvalue weighted by Gasteiger charge is 2.03. The van der Waals surface area contributed by atoms with Gasteiger partial charge in [0.15, 0.2) is 10.3 Å². The number of thioether (sulfide) groups is 2. The lowest BCUT2D eigenvalue weighted by Gasteiger charge is -2.02. The van der Waals surface area contributed by atoms with Crippen LogP contribution < -0.4 is 0 Å². The van der Waals surface area contributed by atoms with Crippen LogP contribution in [0, 0.1) is 0 Å². The summed E-state index contributed by atoms with van der Waals surface area (Å²) in [7, 11) is 0. The molecular formula is C24H30N4S2. The minimum absolute atomic E-state index is 1.05. The lowest BCUT2D eigenvalue weighted by atomic mass is 10.1. The Morgan fingerprint density at radius 2 is 0.933 bits per heavy atom. The van der Waals surface area contributed by atoms with E-state index in [1.807, 2.05) is 35.7 Å². The lowest BCUT2D eigenvalue weighted by molar-refractivity contribution is 0.587. The van der Waals surface area contributed by atoms with Crippen molar-refractivity contribution in [3.05, 3.63) is 48.5 Å². The van der Waals surface area contributed by atoms with Crippen LogP contribution in [0.4, 0.5) is 0 Å². The van der Waals surface area contributed by atoms with Gasteiger partial charge in [0.2, 0.25) is 0 Å². The fraction of sp³-hybridized carbons (Fsp3) is 0.417. The minimum Gasteiger partial charge on any atom is -0.333 e. The molecule has 0 fully saturated rings. The van der Waals surface area contributed by atoms with Gasteiger partial charge in [0.25, 0.3) is 0 Å². The highest BCUT2D eigenvalue weighted by Crippen LogP contribution is 2.22. The zero-order valence-electron chi connectivity index (χ0n) is 17.4. The molecule has 30 heavy (non-hydrogen) atoms. The Balaban J connectivity index is 0.974. The van der Waals surface area contributed by atoms with Crippen LogP contribution in [0.25, 0.3) is 22.1 Å². The summed E-state index contributed by atoms with van der Waals surface area (Å²) < 4.78 is 0. The lowest BCUT2D eigenvalue weighted by Crippen LogP contribution is -1.86. The van der Waals surface area contributed by atoms with E-state index < -0.39 is 0 Å². The first-order valence-corrected chi connectivity index (χ1v) is 13.0. The number of aromatic amines is 2. The van der Waals surface area contributed by atoms with E-state index in [0.29, 0.717) is 0 Å². The molecule has 0 unspecified atom stereocenters. The van der Waals surface area contributed by atoms with E-state index in [9.17, 15) is 0 Å². The number of fused-ring (bicyclic) bond motifs is 2. The quantitative estimate of drug-likeness (QED) is 0.168. The van der Waals surface area contributed by atoms with E-state index >= 15 is 0 Å². The summed E-state index contributed by atoms with van der Waals surface area (Å²) in [6.07, 6.45) is 10.6. The van der Waals surface area contributed by atoms with E-state index in [1.165, 1.54) is 51.4 Å². The van der Waals surface area contributed by atoms with E-state index in [-0.39, 0.29) is 0 Å². The molecule has 6 heteroatoms. The Hall–Kier alpha value is -1.92. The molecule has 4 aromatic rings. The number of unbranched alkanes of at least 4 members (excludes halogenated alkanes) is 7. The second-order valence-electron chi connectivity index (χ2n) is 7.64. The maximum atomic E-state index is 4.63. The third-order valence-electron chi connectivity index (χ3n) is 5.25. The topological polar surface area (TPSA) is 57.4 Å². The summed E-state index contributed by atoms with van der Waals surface area (Å²) in [5.74, 6) is 2.30. The molecule has 4 nitrogen and oxygen atoms in total. The molecule has 0 atom stereocenters. The van der Waals surface area contributed by atoms with E-state index in [2.05, 4.69) is 56.3 Å². The Morgan fingerprint density at radius 1 is 0.533 bits per heavy atom. The smallest absolute Gasteiger partial charge is 0.166 e. The Labute approximate surface area is 187 Å². The first-order valence-electron chi connectivity index (χ1n) is 11.0. The molecule has 2 N–H and O–H groups in total. The van der Waals surface area contributed by atoms with Gasteiger partial charge in [0.05, 0.1) is 22.1 Å². The fourth-order valence-electron chi connectivity index (χ4n) is 3.60. The van der Waals surface area contributed by atoms with Gasteiger partial charge in [0.1, 0.15) is 0 Å². The third-order valence-corrected chi connectivity index (χ3v) is 7.17. The zero-order valence-corrected chi connectivity index (χ0v) is 19.0. The number of benzene rings is 2. The average molecular weight is 439 g/mol. The van der Waals surface area contributed by atoms with Gasteiger partial charge in [-0.2, -0.15) is 0 Å². The van der Waals surface area contributed by atoms with E-state index in [0.717, 1.165) is 43.9 Å². The normalized spacial score (nSPS) is 11.6. The average Bonchev–Trinajstić information content (AvgIpc) is 3.37. The number of rotatable bonds is 13. The van der Waals surface area contributed by atoms with Gasteiger partial charge in [-0.1, -0.05) is 86.3 Å². The summed E-state index contributed by atoms with van der Waals surface area (Å²) in [4.78, 5) is 16.0. The molecule has 158 valence electrons. The molecule has 0 aliphatic heterocycles. The van der Waals surface area contributed by atoms with Crippen LogP contribution in [0.2, 0.25) is 0 Å². The summed E-state index contributed by atoms with van der Waals surface area (Å²) in [5, 5.41) is 2.11. The third kappa shape index (κ3) is 6.29. The van der Waals surface area contributed by atoms with Crippen LogP contribution in [-0.4, -0.2) is 31.4 Å². The van der Waals surface area contributed by atoms with Gasteiger partial charge in [-0.3, -0.25) is 0 Å². The number of H-pyrrole nitrogens is 2. The van der Waals surface area contributed by atoms with Gasteiger partial charge in [-0.15, -0.1) is 0 Å². The van der Waals surface area contributed by atoms with E-state index in [1.54, 1.807) is 0 Å². The van der Waals surface area contributed by atoms with Crippen molar-refractivity contribution in [3.8, 4) is 0 Å². The molecule has 2 aromatic heterocycles. The second-order valence-corrected chi connectivity index (χ2v) is 9.81. The van der Waals surface area contributed by atoms with Gasteiger partial charge < -0.3 is 9.97 Å². The van der Waals surface area contributed by atoms with Crippen molar-refractivity contribution < 1.29 is 0 Å². The molecule has 0 aliphatic rings. The standard InChI is InChI=1S/C24H30N4S2/c1(3-5-11-17-29-23-25-19-13-7-8-14-20(19)26-23)2-4-6-12-18-30-24-27-21-15-9-10-16-22(21)28-24/h7-10,13-16H,1-6,11-12,17-18H2,(H,25,26)(H,27,28). The molecule has 0 radical (unpaired) electrons. The largest absolute Gasteiger partial charge is 0.333 e. The molecule has 0 bridgehead atoms. The van der Waals surface area contributed by atoms with Crippen molar-refractivity contribution in [1.82, 2.24) is 19.9 Å². The molecule has 0 saturated carbocycles. The van der Waals surface area contributed by atoms with Gasteiger partial charge in [-0.05, 0) is 37.1 Å². The van der Waals surface area contributed by atoms with E-state index in [4.69, 9.17) is 0 Å². The predicted molar refractivity (Wildman–Crippen MR) is 131 cm³/mol. The molecule has 0 spiro atoms. The number of hydrogen-bond donors (Lipinski definition) is 2. The van der Waals surface area contributed by atoms with Crippen molar-refractivity contribution >= 4 is 45.6 Å². The number of nitrogens with one attached hydrogen (secondary N) is 2. The molecule has 0 amide bonds. The Kier molecular flexibility index (Phi) is 8.15. The highest BCUT2D eigenvalue weighted by molar-refractivity contribution is 7.99. The monoisotopic (exact) mass is 438 g/mol. The first kappa shape index (κ1) is 21.3. The van der Waals surface area contributed by atoms with Crippen molar-refractivity contribution in [2.45, 2.75) is 61.7 Å². The van der Waals surface area contributed by atoms with Gasteiger partial charge in [0, 0.05) is 11.5 Å².